The number of aromatic amines is 1. The fourth-order valence-corrected chi connectivity index (χ4v) is 5.09. The number of aromatic nitrogens is 2. The molecule has 1 amide bonds. The SMILES string of the molecule is Cc1sc2nc(CSC(C)C(=O)NCC(c3ccccc3)N(C)C)[nH]c(=O)c2c1C. The predicted molar refractivity (Wildman–Crippen MR) is 126 cm³/mol. The number of H-pyrrole nitrogens is 1. The van der Waals surface area contributed by atoms with Crippen LogP contribution in [0, 0.1) is 13.8 Å². The Morgan fingerprint density at radius 3 is 2.63 bits per heavy atom. The molecule has 0 aliphatic heterocycles. The highest BCUT2D eigenvalue weighted by molar-refractivity contribution is 7.99. The van der Waals surface area contributed by atoms with Gasteiger partial charge in [0, 0.05) is 11.4 Å². The van der Waals surface area contributed by atoms with Gasteiger partial charge in [-0.1, -0.05) is 30.3 Å². The first-order valence-corrected chi connectivity index (χ1v) is 11.7. The van der Waals surface area contributed by atoms with E-state index in [1.807, 2.05) is 53.1 Å². The summed E-state index contributed by atoms with van der Waals surface area (Å²) >= 11 is 3.00. The second-order valence-electron chi connectivity index (χ2n) is 7.56. The first-order chi connectivity index (χ1) is 14.3. The van der Waals surface area contributed by atoms with Crippen LogP contribution in [-0.2, 0) is 10.5 Å². The van der Waals surface area contributed by atoms with E-state index in [1.165, 1.54) is 28.7 Å². The van der Waals surface area contributed by atoms with Gasteiger partial charge in [0.1, 0.15) is 10.7 Å². The van der Waals surface area contributed by atoms with Gasteiger partial charge in [0.05, 0.1) is 22.4 Å². The average Bonchev–Trinajstić information content (AvgIpc) is 3.00. The average molecular weight is 445 g/mol. The third-order valence-corrected chi connectivity index (χ3v) is 7.46. The number of amides is 1. The minimum atomic E-state index is -0.253. The Hall–Kier alpha value is -2.16. The molecule has 0 aliphatic carbocycles. The molecule has 2 N–H and O–H groups in total. The Morgan fingerprint density at radius 1 is 1.27 bits per heavy atom. The number of thiophene rings is 1. The van der Waals surface area contributed by atoms with Crippen LogP contribution in [0.3, 0.4) is 0 Å². The predicted octanol–water partition coefficient (Wildman–Crippen LogP) is 3.64. The van der Waals surface area contributed by atoms with Gasteiger partial charge < -0.3 is 15.2 Å². The second kappa shape index (κ2) is 9.76. The molecule has 160 valence electrons. The molecule has 30 heavy (non-hydrogen) atoms. The molecule has 0 saturated carbocycles. The molecular weight excluding hydrogens is 416 g/mol. The molecular formula is C22H28N4O2S2. The first-order valence-electron chi connectivity index (χ1n) is 9.87. The lowest BCUT2D eigenvalue weighted by atomic mass is 10.1. The van der Waals surface area contributed by atoms with Crippen LogP contribution in [0.1, 0.15) is 34.8 Å². The summed E-state index contributed by atoms with van der Waals surface area (Å²) in [6.45, 7) is 6.36. The number of fused-ring (bicyclic) bond motifs is 1. The van der Waals surface area contributed by atoms with Crippen molar-refractivity contribution in [2.45, 2.75) is 37.8 Å². The highest BCUT2D eigenvalue weighted by atomic mass is 32.2. The van der Waals surface area contributed by atoms with Gasteiger partial charge in [-0.15, -0.1) is 23.1 Å². The Kier molecular flexibility index (Phi) is 7.33. The first kappa shape index (κ1) is 22.5. The number of carbonyl (C=O) groups excluding carboxylic acids is 1. The number of aryl methyl sites for hydroxylation is 2. The zero-order chi connectivity index (χ0) is 21.8. The lowest BCUT2D eigenvalue weighted by molar-refractivity contribution is -0.120. The van der Waals surface area contributed by atoms with Crippen molar-refractivity contribution in [2.24, 2.45) is 0 Å². The molecule has 1 aromatic carbocycles. The summed E-state index contributed by atoms with van der Waals surface area (Å²) in [5, 5.41) is 3.48. The van der Waals surface area contributed by atoms with Crippen molar-refractivity contribution in [3.8, 4) is 0 Å². The maximum Gasteiger partial charge on any atom is 0.259 e. The highest BCUT2D eigenvalue weighted by Crippen LogP contribution is 2.26. The molecule has 8 heteroatoms. The molecule has 0 aliphatic rings. The van der Waals surface area contributed by atoms with Crippen LogP contribution in [0.4, 0.5) is 0 Å². The van der Waals surface area contributed by atoms with Crippen molar-refractivity contribution in [2.75, 3.05) is 20.6 Å². The standard InChI is InChI=1S/C22H28N4O2S2/c1-13-14(2)30-22-19(13)21(28)24-18(25-22)12-29-15(3)20(27)23-11-17(26(4)5)16-9-7-6-8-10-16/h6-10,15,17H,11-12H2,1-5H3,(H,23,27)(H,24,25,28). The fraction of sp³-hybridized carbons (Fsp3) is 0.409. The number of hydrogen-bond acceptors (Lipinski definition) is 6. The molecule has 2 unspecified atom stereocenters. The van der Waals surface area contributed by atoms with E-state index in [0.29, 0.717) is 23.5 Å². The Balaban J connectivity index is 1.59. The quantitative estimate of drug-likeness (QED) is 0.555. The number of benzene rings is 1. The van der Waals surface area contributed by atoms with Gasteiger partial charge in [-0.05, 0) is 46.0 Å². The van der Waals surface area contributed by atoms with E-state index in [0.717, 1.165) is 15.3 Å². The van der Waals surface area contributed by atoms with Gasteiger partial charge in [-0.25, -0.2) is 4.98 Å². The van der Waals surface area contributed by atoms with Crippen molar-refractivity contribution in [1.82, 2.24) is 20.2 Å². The van der Waals surface area contributed by atoms with Crippen molar-refractivity contribution in [3.05, 3.63) is 62.5 Å². The van der Waals surface area contributed by atoms with E-state index in [2.05, 4.69) is 32.3 Å². The van der Waals surface area contributed by atoms with Gasteiger partial charge in [-0.2, -0.15) is 0 Å². The third-order valence-electron chi connectivity index (χ3n) is 5.20. The number of nitrogens with zero attached hydrogens (tertiary/aromatic N) is 2. The number of hydrogen-bond donors (Lipinski definition) is 2. The third kappa shape index (κ3) is 5.11. The van der Waals surface area contributed by atoms with Gasteiger partial charge in [-0.3, -0.25) is 9.59 Å². The van der Waals surface area contributed by atoms with Gasteiger partial charge in [0.15, 0.2) is 0 Å². The summed E-state index contributed by atoms with van der Waals surface area (Å²) in [4.78, 5) is 36.4. The van der Waals surface area contributed by atoms with Crippen molar-refractivity contribution >= 4 is 39.2 Å². The molecule has 2 heterocycles. The van der Waals surface area contributed by atoms with E-state index in [1.54, 1.807) is 0 Å². The van der Waals surface area contributed by atoms with Crippen LogP contribution in [0.15, 0.2) is 35.1 Å². The molecule has 2 atom stereocenters. The van der Waals surface area contributed by atoms with E-state index >= 15 is 0 Å². The van der Waals surface area contributed by atoms with Crippen LogP contribution in [0.5, 0.6) is 0 Å². The largest absolute Gasteiger partial charge is 0.353 e. The van der Waals surface area contributed by atoms with E-state index in [-0.39, 0.29) is 22.8 Å². The molecule has 3 rings (SSSR count). The number of thioether (sulfide) groups is 1. The van der Waals surface area contributed by atoms with Gasteiger partial charge in [0.2, 0.25) is 5.91 Å². The summed E-state index contributed by atoms with van der Waals surface area (Å²) in [6, 6.07) is 10.3. The minimum absolute atomic E-state index is 0.0194. The van der Waals surface area contributed by atoms with Crippen LogP contribution in [0.25, 0.3) is 10.2 Å². The van der Waals surface area contributed by atoms with Gasteiger partial charge in [0.25, 0.3) is 5.56 Å². The van der Waals surface area contributed by atoms with Crippen molar-refractivity contribution in [3.63, 3.8) is 0 Å². The Morgan fingerprint density at radius 2 is 1.97 bits per heavy atom. The smallest absolute Gasteiger partial charge is 0.259 e. The second-order valence-corrected chi connectivity index (χ2v) is 10.1. The van der Waals surface area contributed by atoms with Crippen molar-refractivity contribution < 1.29 is 4.79 Å². The van der Waals surface area contributed by atoms with E-state index < -0.39 is 0 Å². The Labute approximate surface area is 185 Å². The monoisotopic (exact) mass is 444 g/mol. The molecule has 3 aromatic rings. The van der Waals surface area contributed by atoms with Crippen LogP contribution >= 0.6 is 23.1 Å². The number of rotatable bonds is 8. The highest BCUT2D eigenvalue weighted by Gasteiger charge is 2.19. The number of carbonyl (C=O) groups is 1. The molecule has 2 aromatic heterocycles. The maximum atomic E-state index is 12.6. The molecule has 0 spiro atoms. The van der Waals surface area contributed by atoms with Crippen LogP contribution < -0.4 is 10.9 Å². The van der Waals surface area contributed by atoms with Crippen LogP contribution in [0.2, 0.25) is 0 Å². The molecule has 0 bridgehead atoms. The molecule has 0 saturated heterocycles. The summed E-state index contributed by atoms with van der Waals surface area (Å²) in [5.74, 6) is 1.06. The van der Waals surface area contributed by atoms with Crippen LogP contribution in [-0.4, -0.2) is 46.7 Å². The lowest BCUT2D eigenvalue weighted by Gasteiger charge is -2.25. The normalized spacial score (nSPS) is 13.5. The topological polar surface area (TPSA) is 78.1 Å². The Bertz CT molecular complexity index is 1080. The summed E-state index contributed by atoms with van der Waals surface area (Å²) in [5.41, 5.74) is 2.05. The zero-order valence-electron chi connectivity index (χ0n) is 18.0. The summed E-state index contributed by atoms with van der Waals surface area (Å²) in [7, 11) is 4.02. The number of likely N-dealkylation sites (N-methyl/N-ethyl adjacent to an activating group) is 1. The fourth-order valence-electron chi connectivity index (χ4n) is 3.26. The summed E-state index contributed by atoms with van der Waals surface area (Å²) in [6.07, 6.45) is 0. The summed E-state index contributed by atoms with van der Waals surface area (Å²) < 4.78 is 0. The molecule has 0 radical (unpaired) electrons. The lowest BCUT2D eigenvalue weighted by Crippen LogP contribution is -2.38. The van der Waals surface area contributed by atoms with E-state index in [4.69, 9.17) is 0 Å². The maximum absolute atomic E-state index is 12.6. The zero-order valence-corrected chi connectivity index (χ0v) is 19.6. The number of nitrogens with one attached hydrogen (secondary N) is 2. The van der Waals surface area contributed by atoms with Crippen molar-refractivity contribution in [1.29, 1.82) is 0 Å². The molecule has 6 nitrogen and oxygen atoms in total. The molecule has 0 fully saturated rings. The minimum Gasteiger partial charge on any atom is -0.353 e. The van der Waals surface area contributed by atoms with E-state index in [9.17, 15) is 9.59 Å². The van der Waals surface area contributed by atoms with Gasteiger partial charge >= 0.3 is 0 Å².